The van der Waals surface area contributed by atoms with Gasteiger partial charge in [0.2, 0.25) is 5.91 Å². The van der Waals surface area contributed by atoms with Gasteiger partial charge in [-0.25, -0.2) is 4.98 Å². The van der Waals surface area contributed by atoms with Crippen LogP contribution in [-0.4, -0.2) is 43.5 Å². The second-order valence-corrected chi connectivity index (χ2v) is 5.36. The van der Waals surface area contributed by atoms with Crippen molar-refractivity contribution >= 4 is 11.7 Å². The third-order valence-electron chi connectivity index (χ3n) is 3.61. The average molecular weight is 287 g/mol. The van der Waals surface area contributed by atoms with Gasteiger partial charge < -0.3 is 4.90 Å². The summed E-state index contributed by atoms with van der Waals surface area (Å²) in [6, 6.07) is 1.43. The molecular weight excluding hydrogens is 270 g/mol. The fraction of sp³-hybridized carbons (Fsp3) is 0.429. The van der Waals surface area contributed by atoms with Crippen molar-refractivity contribution in [3.63, 3.8) is 0 Å². The molecule has 21 heavy (non-hydrogen) atoms. The Balaban J connectivity index is 1.80. The molecule has 7 heteroatoms. The van der Waals surface area contributed by atoms with Crippen LogP contribution >= 0.6 is 0 Å². The molecule has 0 spiro atoms. The summed E-state index contributed by atoms with van der Waals surface area (Å²) in [7, 11) is 0. The number of hydrogen-bond acceptors (Lipinski definition) is 4. The summed E-state index contributed by atoms with van der Waals surface area (Å²) < 4.78 is 1.26. The van der Waals surface area contributed by atoms with E-state index in [0.29, 0.717) is 23.8 Å². The van der Waals surface area contributed by atoms with Gasteiger partial charge in [0.1, 0.15) is 5.82 Å². The van der Waals surface area contributed by atoms with Crippen molar-refractivity contribution < 1.29 is 4.79 Å². The van der Waals surface area contributed by atoms with Crippen LogP contribution in [-0.2, 0) is 11.2 Å². The van der Waals surface area contributed by atoms with Crippen molar-refractivity contribution in [2.24, 2.45) is 0 Å². The number of nitrogens with zero attached hydrogens (tertiary/aromatic N) is 4. The molecule has 110 valence electrons. The van der Waals surface area contributed by atoms with Gasteiger partial charge in [0.25, 0.3) is 11.3 Å². The minimum atomic E-state index is -0.222. The summed E-state index contributed by atoms with van der Waals surface area (Å²) >= 11 is 0. The van der Waals surface area contributed by atoms with Crippen LogP contribution in [0.4, 0.5) is 0 Å². The van der Waals surface area contributed by atoms with Crippen LogP contribution in [0.3, 0.4) is 0 Å². The van der Waals surface area contributed by atoms with E-state index in [9.17, 15) is 9.59 Å². The maximum Gasteiger partial charge on any atom is 0.274 e. The monoisotopic (exact) mass is 287 g/mol. The van der Waals surface area contributed by atoms with Crippen molar-refractivity contribution in [2.75, 3.05) is 13.1 Å². The van der Waals surface area contributed by atoms with E-state index in [0.717, 1.165) is 13.0 Å². The molecule has 0 aliphatic carbocycles. The maximum atomic E-state index is 12.2. The molecule has 7 nitrogen and oxygen atoms in total. The van der Waals surface area contributed by atoms with Gasteiger partial charge in [-0.15, -0.1) is 0 Å². The van der Waals surface area contributed by atoms with Crippen molar-refractivity contribution in [1.82, 2.24) is 24.5 Å². The highest BCUT2D eigenvalue weighted by Gasteiger charge is 2.18. The number of aromatic nitrogens is 4. The van der Waals surface area contributed by atoms with Crippen LogP contribution in [0.15, 0.2) is 22.5 Å². The Hall–Kier alpha value is -2.44. The van der Waals surface area contributed by atoms with Crippen molar-refractivity contribution in [1.29, 1.82) is 0 Å². The summed E-state index contributed by atoms with van der Waals surface area (Å²) in [5.74, 6) is 0.765. The van der Waals surface area contributed by atoms with E-state index in [1.165, 1.54) is 16.2 Å². The van der Waals surface area contributed by atoms with Gasteiger partial charge >= 0.3 is 0 Å². The molecule has 0 atom stereocenters. The van der Waals surface area contributed by atoms with E-state index in [1.54, 1.807) is 11.8 Å². The van der Waals surface area contributed by atoms with E-state index in [4.69, 9.17) is 0 Å². The van der Waals surface area contributed by atoms with Gasteiger partial charge in [0, 0.05) is 24.8 Å². The normalized spacial score (nSPS) is 15.3. The zero-order valence-electron chi connectivity index (χ0n) is 12.1. The van der Waals surface area contributed by atoms with Gasteiger partial charge in [-0.05, 0) is 20.3 Å². The van der Waals surface area contributed by atoms with E-state index in [1.807, 2.05) is 0 Å². The fourth-order valence-corrected chi connectivity index (χ4v) is 2.37. The molecule has 3 rings (SSSR count). The lowest BCUT2D eigenvalue weighted by Crippen LogP contribution is -2.35. The molecule has 2 aromatic heterocycles. The number of hydrogen-bond donors (Lipinski definition) is 1. The summed E-state index contributed by atoms with van der Waals surface area (Å²) in [5, 5.41) is 2.84. The van der Waals surface area contributed by atoms with Crippen LogP contribution in [0.1, 0.15) is 24.9 Å². The molecule has 1 N–H and O–H groups in total. The predicted molar refractivity (Wildman–Crippen MR) is 77.0 cm³/mol. The number of nitrogens with one attached hydrogen (secondary N) is 1. The van der Waals surface area contributed by atoms with Crippen LogP contribution in [0, 0.1) is 6.92 Å². The van der Waals surface area contributed by atoms with E-state index < -0.39 is 0 Å². The lowest BCUT2D eigenvalue weighted by Gasteiger charge is -2.25. The van der Waals surface area contributed by atoms with E-state index >= 15 is 0 Å². The van der Waals surface area contributed by atoms with Crippen LogP contribution < -0.4 is 5.56 Å². The van der Waals surface area contributed by atoms with E-state index in [2.05, 4.69) is 28.1 Å². The number of H-pyrrole nitrogens is 1. The lowest BCUT2D eigenvalue weighted by molar-refractivity contribution is -0.130. The number of aromatic amines is 1. The first-order valence-electron chi connectivity index (χ1n) is 6.91. The first-order chi connectivity index (χ1) is 10.0. The second kappa shape index (κ2) is 5.16. The Morgan fingerprint density at radius 2 is 2.19 bits per heavy atom. The van der Waals surface area contributed by atoms with E-state index in [-0.39, 0.29) is 17.9 Å². The Labute approximate surface area is 121 Å². The first-order valence-corrected chi connectivity index (χ1v) is 6.91. The SMILES string of the molecule is CC1=CCN(C(=O)Cc2nc3nc(C)cc(=O)n3[nH]2)CC1. The number of aryl methyl sites for hydroxylation is 1. The molecule has 0 aromatic carbocycles. The third kappa shape index (κ3) is 2.72. The standard InChI is InChI=1S/C14H17N5O2/c1-9-3-5-18(6-4-9)12(20)8-11-16-14-15-10(2)7-13(21)19(14)17-11/h3,7H,4-6,8H2,1-2H3,(H,15,16,17). The summed E-state index contributed by atoms with van der Waals surface area (Å²) in [4.78, 5) is 34.2. The minimum Gasteiger partial charge on any atom is -0.338 e. The van der Waals surface area contributed by atoms with Crippen LogP contribution in [0.25, 0.3) is 5.78 Å². The molecular formula is C14H17N5O2. The molecule has 0 unspecified atom stereocenters. The van der Waals surface area contributed by atoms with Gasteiger partial charge in [0.15, 0.2) is 0 Å². The zero-order chi connectivity index (χ0) is 15.0. The quantitative estimate of drug-likeness (QED) is 0.813. The highest BCUT2D eigenvalue weighted by atomic mass is 16.2. The maximum absolute atomic E-state index is 12.2. The molecule has 0 saturated carbocycles. The Morgan fingerprint density at radius 1 is 1.38 bits per heavy atom. The lowest BCUT2D eigenvalue weighted by atomic mass is 10.1. The third-order valence-corrected chi connectivity index (χ3v) is 3.61. The smallest absolute Gasteiger partial charge is 0.274 e. The first kappa shape index (κ1) is 13.5. The Bertz CT molecular complexity index is 786. The average Bonchev–Trinajstić information content (AvgIpc) is 2.82. The molecule has 0 fully saturated rings. The molecule has 2 aromatic rings. The summed E-state index contributed by atoms with van der Waals surface area (Å²) in [6.07, 6.45) is 3.12. The van der Waals surface area contributed by atoms with Gasteiger partial charge in [-0.2, -0.15) is 9.50 Å². The van der Waals surface area contributed by atoms with Gasteiger partial charge in [0.05, 0.1) is 6.42 Å². The largest absolute Gasteiger partial charge is 0.338 e. The molecule has 0 bridgehead atoms. The number of carbonyl (C=O) groups excluding carboxylic acids is 1. The zero-order valence-corrected chi connectivity index (χ0v) is 12.1. The Morgan fingerprint density at radius 3 is 2.90 bits per heavy atom. The summed E-state index contributed by atoms with van der Waals surface area (Å²) in [5.41, 5.74) is 1.70. The number of carbonyl (C=O) groups is 1. The predicted octanol–water partition coefficient (Wildman–Crippen LogP) is 0.447. The minimum absolute atomic E-state index is 0.00239. The molecule has 1 amide bonds. The number of amides is 1. The topological polar surface area (TPSA) is 83.4 Å². The van der Waals surface area contributed by atoms with Crippen molar-refractivity contribution in [3.05, 3.63) is 39.6 Å². The fourth-order valence-electron chi connectivity index (χ4n) is 2.37. The Kier molecular flexibility index (Phi) is 3.32. The second-order valence-electron chi connectivity index (χ2n) is 5.36. The molecule has 1 aliphatic rings. The van der Waals surface area contributed by atoms with Crippen molar-refractivity contribution in [3.8, 4) is 0 Å². The highest BCUT2D eigenvalue weighted by molar-refractivity contribution is 5.78. The van der Waals surface area contributed by atoms with Gasteiger partial charge in [-0.3, -0.25) is 14.7 Å². The molecule has 0 radical (unpaired) electrons. The van der Waals surface area contributed by atoms with Crippen LogP contribution in [0.5, 0.6) is 0 Å². The molecule has 1 aliphatic heterocycles. The van der Waals surface area contributed by atoms with Crippen molar-refractivity contribution in [2.45, 2.75) is 26.7 Å². The number of fused-ring (bicyclic) bond motifs is 1. The van der Waals surface area contributed by atoms with Crippen LogP contribution in [0.2, 0.25) is 0 Å². The molecule has 3 heterocycles. The summed E-state index contributed by atoms with van der Waals surface area (Å²) in [6.45, 7) is 5.19. The highest BCUT2D eigenvalue weighted by Crippen LogP contribution is 2.10. The number of rotatable bonds is 2. The van der Waals surface area contributed by atoms with Gasteiger partial charge in [-0.1, -0.05) is 11.6 Å². The molecule has 0 saturated heterocycles.